The van der Waals surface area contributed by atoms with Crippen LogP contribution in [-0.2, 0) is 6.54 Å². The van der Waals surface area contributed by atoms with Crippen molar-refractivity contribution >= 4 is 31.9 Å². The van der Waals surface area contributed by atoms with E-state index >= 15 is 0 Å². The number of hydrogen-bond acceptors (Lipinski definition) is 3. The minimum Gasteiger partial charge on any atom is -0.438 e. The molecule has 3 nitrogen and oxygen atoms in total. The second kappa shape index (κ2) is 7.20. The summed E-state index contributed by atoms with van der Waals surface area (Å²) in [5, 5.41) is 3.29. The van der Waals surface area contributed by atoms with E-state index in [9.17, 15) is 0 Å². The van der Waals surface area contributed by atoms with Gasteiger partial charge < -0.3 is 10.1 Å². The highest BCUT2D eigenvalue weighted by atomic mass is 79.9. The van der Waals surface area contributed by atoms with Crippen LogP contribution in [-0.4, -0.2) is 11.5 Å². The van der Waals surface area contributed by atoms with Crippen molar-refractivity contribution in [3.05, 3.63) is 50.5 Å². The molecule has 1 heterocycles. The number of rotatable bonds is 5. The highest BCUT2D eigenvalue weighted by molar-refractivity contribution is 9.10. The molecular formula is C15H16Br2N2O. The van der Waals surface area contributed by atoms with Crippen LogP contribution < -0.4 is 10.1 Å². The molecule has 0 aliphatic heterocycles. The van der Waals surface area contributed by atoms with Gasteiger partial charge in [0.25, 0.3) is 0 Å². The summed E-state index contributed by atoms with van der Waals surface area (Å²) in [4.78, 5) is 4.37. The maximum Gasteiger partial charge on any atom is 0.223 e. The molecule has 0 amide bonds. The molecule has 0 fully saturated rings. The maximum absolute atomic E-state index is 5.95. The summed E-state index contributed by atoms with van der Waals surface area (Å²) in [6, 6.07) is 7.96. The van der Waals surface area contributed by atoms with Gasteiger partial charge in [0.15, 0.2) is 0 Å². The van der Waals surface area contributed by atoms with Crippen molar-refractivity contribution in [2.45, 2.75) is 20.4 Å². The minimum absolute atomic E-state index is 0.638. The first-order valence-electron chi connectivity index (χ1n) is 6.39. The van der Waals surface area contributed by atoms with Crippen LogP contribution in [0.25, 0.3) is 0 Å². The van der Waals surface area contributed by atoms with Crippen molar-refractivity contribution in [1.29, 1.82) is 0 Å². The number of pyridine rings is 1. The predicted octanol–water partition coefficient (Wildman–Crippen LogP) is 4.82. The number of benzene rings is 1. The van der Waals surface area contributed by atoms with Gasteiger partial charge in [-0.15, -0.1) is 0 Å². The van der Waals surface area contributed by atoms with E-state index in [1.54, 1.807) is 6.20 Å². The Bertz CT molecular complexity index is 602. The van der Waals surface area contributed by atoms with E-state index in [-0.39, 0.29) is 0 Å². The third-order valence-corrected chi connectivity index (χ3v) is 3.73. The van der Waals surface area contributed by atoms with Crippen molar-refractivity contribution in [3.8, 4) is 11.6 Å². The summed E-state index contributed by atoms with van der Waals surface area (Å²) in [5.41, 5.74) is 2.10. The lowest BCUT2D eigenvalue weighted by Gasteiger charge is -2.12. The van der Waals surface area contributed by atoms with Crippen molar-refractivity contribution in [2.24, 2.45) is 0 Å². The average molecular weight is 400 g/mol. The fourth-order valence-electron chi connectivity index (χ4n) is 1.78. The van der Waals surface area contributed by atoms with Gasteiger partial charge in [-0.1, -0.05) is 22.9 Å². The predicted molar refractivity (Wildman–Crippen MR) is 88.3 cm³/mol. The van der Waals surface area contributed by atoms with Crippen molar-refractivity contribution < 1.29 is 4.74 Å². The average Bonchev–Trinajstić information content (AvgIpc) is 2.41. The van der Waals surface area contributed by atoms with E-state index in [2.05, 4.69) is 49.1 Å². The van der Waals surface area contributed by atoms with E-state index in [0.29, 0.717) is 5.88 Å². The van der Waals surface area contributed by atoms with Gasteiger partial charge >= 0.3 is 0 Å². The summed E-state index contributed by atoms with van der Waals surface area (Å²) in [6.45, 7) is 5.73. The first-order valence-corrected chi connectivity index (χ1v) is 7.98. The van der Waals surface area contributed by atoms with E-state index in [1.165, 1.54) is 0 Å². The van der Waals surface area contributed by atoms with Crippen LogP contribution in [0.15, 0.2) is 39.4 Å². The molecule has 0 saturated carbocycles. The van der Waals surface area contributed by atoms with Gasteiger partial charge in [-0.05, 0) is 59.2 Å². The molecule has 0 aliphatic carbocycles. The first kappa shape index (κ1) is 15.5. The standard InChI is InChI=1S/C15H16Br2N2O/c1-3-18-8-11-7-13(17)9-19-15(11)20-14-5-4-12(16)6-10(14)2/h4-7,9,18H,3,8H2,1-2H3. The Hall–Kier alpha value is -0.910. The Balaban J connectivity index is 2.27. The van der Waals surface area contributed by atoms with Crippen LogP contribution in [0.2, 0.25) is 0 Å². The van der Waals surface area contributed by atoms with Crippen molar-refractivity contribution in [1.82, 2.24) is 10.3 Å². The number of nitrogens with zero attached hydrogens (tertiary/aromatic N) is 1. The van der Waals surface area contributed by atoms with Crippen LogP contribution in [0.3, 0.4) is 0 Å². The van der Waals surface area contributed by atoms with Crippen molar-refractivity contribution in [2.75, 3.05) is 6.54 Å². The SMILES string of the molecule is CCNCc1cc(Br)cnc1Oc1ccc(Br)cc1C. The Morgan fingerprint density at radius 3 is 2.70 bits per heavy atom. The van der Waals surface area contributed by atoms with Crippen LogP contribution in [0.4, 0.5) is 0 Å². The van der Waals surface area contributed by atoms with Gasteiger partial charge in [0.1, 0.15) is 5.75 Å². The summed E-state index contributed by atoms with van der Waals surface area (Å²) in [6.07, 6.45) is 1.75. The van der Waals surface area contributed by atoms with E-state index < -0.39 is 0 Å². The molecule has 5 heteroatoms. The highest BCUT2D eigenvalue weighted by Gasteiger charge is 2.09. The van der Waals surface area contributed by atoms with Crippen molar-refractivity contribution in [3.63, 3.8) is 0 Å². The largest absolute Gasteiger partial charge is 0.438 e. The summed E-state index contributed by atoms with van der Waals surface area (Å²) < 4.78 is 7.94. The Morgan fingerprint density at radius 2 is 2.00 bits per heavy atom. The van der Waals surface area contributed by atoms with Gasteiger partial charge in [0.05, 0.1) is 0 Å². The molecule has 2 aromatic rings. The molecule has 106 valence electrons. The topological polar surface area (TPSA) is 34.2 Å². The first-order chi connectivity index (χ1) is 9.60. The van der Waals surface area contributed by atoms with Gasteiger partial charge in [0, 0.05) is 27.3 Å². The quantitative estimate of drug-likeness (QED) is 0.782. The molecule has 1 N–H and O–H groups in total. The Kier molecular flexibility index (Phi) is 5.57. The van der Waals surface area contributed by atoms with Gasteiger partial charge in [-0.2, -0.15) is 0 Å². The summed E-state index contributed by atoms with van der Waals surface area (Å²) in [5.74, 6) is 1.46. The normalized spacial score (nSPS) is 10.6. The molecule has 1 aromatic heterocycles. The van der Waals surface area contributed by atoms with Gasteiger partial charge in [0.2, 0.25) is 5.88 Å². The number of hydrogen-bond donors (Lipinski definition) is 1. The van der Waals surface area contributed by atoms with Gasteiger partial charge in [-0.3, -0.25) is 0 Å². The summed E-state index contributed by atoms with van der Waals surface area (Å²) >= 11 is 6.90. The molecule has 20 heavy (non-hydrogen) atoms. The van der Waals surface area contributed by atoms with E-state index in [0.717, 1.165) is 38.9 Å². The van der Waals surface area contributed by atoms with E-state index in [4.69, 9.17) is 4.74 Å². The monoisotopic (exact) mass is 398 g/mol. The number of aromatic nitrogens is 1. The Morgan fingerprint density at radius 1 is 1.20 bits per heavy atom. The molecule has 0 atom stereocenters. The molecule has 0 radical (unpaired) electrons. The van der Waals surface area contributed by atoms with Crippen LogP contribution >= 0.6 is 31.9 Å². The fourth-order valence-corrected chi connectivity index (χ4v) is 2.63. The lowest BCUT2D eigenvalue weighted by Crippen LogP contribution is -2.13. The fraction of sp³-hybridized carbons (Fsp3) is 0.267. The number of halogens is 2. The van der Waals surface area contributed by atoms with Gasteiger partial charge in [-0.25, -0.2) is 4.98 Å². The molecule has 0 saturated heterocycles. The smallest absolute Gasteiger partial charge is 0.223 e. The molecule has 0 spiro atoms. The molecule has 1 aromatic carbocycles. The molecule has 0 unspecified atom stereocenters. The molecule has 2 rings (SSSR count). The number of nitrogens with one attached hydrogen (secondary N) is 1. The zero-order valence-electron chi connectivity index (χ0n) is 11.4. The second-order valence-electron chi connectivity index (χ2n) is 4.41. The molecule has 0 aliphatic rings. The lowest BCUT2D eigenvalue weighted by molar-refractivity contribution is 0.450. The van der Waals surface area contributed by atoms with E-state index in [1.807, 2.05) is 31.2 Å². The minimum atomic E-state index is 0.638. The Labute approximate surface area is 136 Å². The van der Waals surface area contributed by atoms with Crippen LogP contribution in [0.5, 0.6) is 11.6 Å². The van der Waals surface area contributed by atoms with Crippen LogP contribution in [0.1, 0.15) is 18.1 Å². The van der Waals surface area contributed by atoms with Crippen LogP contribution in [0, 0.1) is 6.92 Å². The zero-order valence-corrected chi connectivity index (χ0v) is 14.6. The third-order valence-electron chi connectivity index (χ3n) is 2.80. The third kappa shape index (κ3) is 4.04. The number of aryl methyl sites for hydroxylation is 1. The highest BCUT2D eigenvalue weighted by Crippen LogP contribution is 2.29. The zero-order chi connectivity index (χ0) is 14.5. The summed E-state index contributed by atoms with van der Waals surface area (Å²) in [7, 11) is 0. The second-order valence-corrected chi connectivity index (χ2v) is 6.24. The maximum atomic E-state index is 5.95. The number of ether oxygens (including phenoxy) is 1. The molecule has 0 bridgehead atoms. The lowest BCUT2D eigenvalue weighted by atomic mass is 10.2. The molecular weight excluding hydrogens is 384 g/mol.